The van der Waals surface area contributed by atoms with Gasteiger partial charge in [-0.3, -0.25) is 0 Å². The molecule has 0 N–H and O–H groups in total. The first-order valence-corrected chi connectivity index (χ1v) is 5.41. The van der Waals surface area contributed by atoms with Crippen molar-refractivity contribution < 1.29 is 31.7 Å². The molecule has 0 spiro atoms. The minimum atomic E-state index is 0. The van der Waals surface area contributed by atoms with Gasteiger partial charge in [-0.25, -0.2) is 0 Å². The molecule has 0 rings (SSSR count). The van der Waals surface area contributed by atoms with Gasteiger partial charge < -0.3 is 47.3 Å². The second kappa shape index (κ2) is 1390. The van der Waals surface area contributed by atoms with Crippen LogP contribution in [0.15, 0.2) is 0 Å². The van der Waals surface area contributed by atoms with Crippen LogP contribution in [-0.2, 0) is 31.7 Å². The third kappa shape index (κ3) is 48100. The van der Waals surface area contributed by atoms with Crippen LogP contribution < -0.4 is 0 Å². The van der Waals surface area contributed by atoms with Gasteiger partial charge in [-0.1, -0.05) is 0 Å². The maximum Gasteiger partial charge on any atom is 2.00 e. The van der Waals surface area contributed by atoms with Gasteiger partial charge in [-0.05, 0) is 0 Å². The molecule has 0 heterocycles. The summed E-state index contributed by atoms with van der Waals surface area (Å²) in [6.45, 7) is 19.0. The van der Waals surface area contributed by atoms with E-state index in [-0.39, 0.29) is 19.5 Å². The minimum Gasteiger partial charge on any atom is 2.00 e. The van der Waals surface area contributed by atoms with Crippen LogP contribution >= 0.6 is 24.2 Å². The maximum absolute atomic E-state index is 6.25. The van der Waals surface area contributed by atoms with Gasteiger partial charge in [0.25, 0.3) is 0 Å². The molecule has 0 fully saturated rings. The zero-order valence-electron chi connectivity index (χ0n) is 5.61. The monoisotopic (exact) mass is 338 g/mol. The molecule has 0 bridgehead atoms. The zero-order valence-corrected chi connectivity index (χ0v) is 12.0. The van der Waals surface area contributed by atoms with Gasteiger partial charge in [0, 0.05) is 0 Å². The smallest absolute Gasteiger partial charge is 2.00 e. The summed E-state index contributed by atoms with van der Waals surface area (Å²) in [5.41, 5.74) is 0. The maximum atomic E-state index is 6.25. The van der Waals surface area contributed by atoms with Crippen LogP contribution in [0.3, 0.4) is 0 Å². The van der Waals surface area contributed by atoms with E-state index in [1.807, 2.05) is 0 Å². The Morgan fingerprint density at radius 1 is 0.833 bits per heavy atom. The Hall–Kier alpha value is -0.127. The fourth-order valence-corrected chi connectivity index (χ4v) is 0. The number of hydrogen-bond donors (Lipinski definition) is 0. The SMILES string of the molecule is [C-]#N.[C-]#N.[C-]#N.[C-]#N.[Cl][Fe][Br].[Zn+2]. The van der Waals surface area contributed by atoms with Crippen LogP contribution in [0.5, 0.6) is 0 Å². The Kier molecular flexibility index (Phi) is 4720. The number of halogens is 2. The second-order valence-electron chi connectivity index (χ2n) is 0.0505. The molecule has 62 valence electrons. The molecule has 0 saturated carbocycles. The molecule has 12 heavy (non-hydrogen) atoms. The molecule has 0 aliphatic heterocycles. The van der Waals surface area contributed by atoms with E-state index in [0.717, 1.165) is 0 Å². The third-order valence-electron chi connectivity index (χ3n) is 0. The van der Waals surface area contributed by atoms with Crippen molar-refractivity contribution in [2.45, 2.75) is 0 Å². The van der Waals surface area contributed by atoms with Gasteiger partial charge in [0.2, 0.25) is 0 Å². The molecule has 0 saturated heterocycles. The van der Waals surface area contributed by atoms with Crippen molar-refractivity contribution in [1.29, 1.82) is 21.0 Å². The standard InChI is InChI=1S/4CN.BrH.ClH.Fe.Zn/c4*1-2;;;;/h;;;;2*1H;;/q4*-1;;;2*+2/p-2. The van der Waals surface area contributed by atoms with Crippen LogP contribution in [-0.4, -0.2) is 0 Å². The Morgan fingerprint density at radius 3 is 0.833 bits per heavy atom. The Bertz CT molecular complexity index is 80.2. The van der Waals surface area contributed by atoms with E-state index < -0.39 is 0 Å². The van der Waals surface area contributed by atoms with Crippen molar-refractivity contribution in [1.82, 2.24) is 0 Å². The van der Waals surface area contributed by atoms with E-state index >= 15 is 0 Å². The third-order valence-corrected chi connectivity index (χ3v) is 0. The number of nitrogens with zero attached hydrogens (tertiary/aromatic N) is 4. The topological polar surface area (TPSA) is 95.2 Å². The fraction of sp³-hybridized carbons (Fsp3) is 0. The van der Waals surface area contributed by atoms with Crippen molar-refractivity contribution in [3.63, 3.8) is 0 Å². The van der Waals surface area contributed by atoms with Crippen molar-refractivity contribution in [2.75, 3.05) is 0 Å². The average molecular weight is 341 g/mol. The van der Waals surface area contributed by atoms with Crippen LogP contribution in [0, 0.1) is 47.3 Å². The first kappa shape index (κ1) is 40.7. The predicted octanol–water partition coefficient (Wildman–Crippen LogP) is 1.92. The molecule has 0 aliphatic carbocycles. The quantitative estimate of drug-likeness (QED) is 0.497. The molecular weight excluding hydrogens is 341 g/mol. The summed E-state index contributed by atoms with van der Waals surface area (Å²) >= 11 is 3.45. The van der Waals surface area contributed by atoms with Gasteiger partial charge >= 0.3 is 55.9 Å². The molecule has 0 aromatic rings. The first-order valence-electron chi connectivity index (χ1n) is 1.16. The van der Waals surface area contributed by atoms with Crippen LogP contribution in [0.2, 0.25) is 0 Å². The number of rotatable bonds is 0. The average Bonchev–Trinajstić information content (AvgIpc) is 2.18. The van der Waals surface area contributed by atoms with E-state index in [1.54, 1.807) is 0 Å². The first-order chi connectivity index (χ1) is 5.41. The van der Waals surface area contributed by atoms with Crippen LogP contribution in [0.4, 0.5) is 0 Å². The van der Waals surface area contributed by atoms with Gasteiger partial charge in [0.1, 0.15) is 0 Å². The molecule has 0 aromatic carbocycles. The summed E-state index contributed by atoms with van der Waals surface area (Å²) < 4.78 is 0. The fourth-order valence-electron chi connectivity index (χ4n) is 0. The summed E-state index contributed by atoms with van der Waals surface area (Å²) in [5.74, 6) is 0. The Balaban J connectivity index is -0.00000000933. The van der Waals surface area contributed by atoms with Crippen molar-refractivity contribution in [3.8, 4) is 0 Å². The molecule has 0 atom stereocenters. The Labute approximate surface area is 103 Å². The normalized spacial score (nSPS) is 2.50. The van der Waals surface area contributed by atoms with Gasteiger partial charge in [0.15, 0.2) is 0 Å². The van der Waals surface area contributed by atoms with Crippen molar-refractivity contribution in [2.24, 2.45) is 0 Å². The van der Waals surface area contributed by atoms with Gasteiger partial charge in [-0.2, -0.15) is 0 Å². The molecule has 0 unspecified atom stereocenters. The summed E-state index contributed by atoms with van der Waals surface area (Å²) in [6.07, 6.45) is 0. The molecule has 4 nitrogen and oxygen atoms in total. The summed E-state index contributed by atoms with van der Waals surface area (Å²) in [6, 6.07) is 0. The summed E-state index contributed by atoms with van der Waals surface area (Å²) in [5, 5.41) is 25.0. The zero-order chi connectivity index (χ0) is 10.7. The second-order valence-corrected chi connectivity index (χ2v) is 3.25. The molecule has 0 aromatic heterocycles. The Morgan fingerprint density at radius 2 is 0.833 bits per heavy atom. The number of hydrogen-bond acceptors (Lipinski definition) is 4. The molecule has 0 aliphatic rings. The van der Waals surface area contributed by atoms with E-state index in [2.05, 4.69) is 14.1 Å². The molecular formula is C4BrClFeN4Zn-2. The predicted molar refractivity (Wildman–Crippen MR) is 34.7 cm³/mol. The van der Waals surface area contributed by atoms with Gasteiger partial charge in [0.05, 0.1) is 0 Å². The van der Waals surface area contributed by atoms with Crippen LogP contribution in [0.25, 0.3) is 0 Å². The van der Waals surface area contributed by atoms with Crippen molar-refractivity contribution >= 4 is 24.2 Å². The van der Waals surface area contributed by atoms with E-state index in [0.29, 0.717) is 12.2 Å². The van der Waals surface area contributed by atoms with Gasteiger partial charge in [-0.15, -0.1) is 0 Å². The minimum absolute atomic E-state index is 0. The van der Waals surface area contributed by atoms with E-state index in [4.69, 9.17) is 57.4 Å². The largest absolute Gasteiger partial charge is 2.00 e. The summed E-state index contributed by atoms with van der Waals surface area (Å²) in [7, 11) is 4.92. The van der Waals surface area contributed by atoms with E-state index in [9.17, 15) is 0 Å². The van der Waals surface area contributed by atoms with Crippen molar-refractivity contribution in [3.05, 3.63) is 26.3 Å². The van der Waals surface area contributed by atoms with E-state index in [1.165, 1.54) is 0 Å². The van der Waals surface area contributed by atoms with Crippen LogP contribution in [0.1, 0.15) is 0 Å². The summed E-state index contributed by atoms with van der Waals surface area (Å²) in [4.78, 5) is 0. The molecule has 0 radical (unpaired) electrons. The molecule has 0 amide bonds. The molecule has 8 heteroatoms.